The first-order chi connectivity index (χ1) is 11.2. The monoisotopic (exact) mass is 312 g/mol. The molecule has 0 radical (unpaired) electrons. The van der Waals surface area contributed by atoms with E-state index >= 15 is 0 Å². The molecule has 116 valence electrons. The Labute approximate surface area is 131 Å². The summed E-state index contributed by atoms with van der Waals surface area (Å²) < 4.78 is 28.7. The second kappa shape index (κ2) is 6.36. The van der Waals surface area contributed by atoms with Crippen LogP contribution < -0.4 is 9.47 Å². The van der Waals surface area contributed by atoms with Crippen molar-refractivity contribution in [2.75, 3.05) is 7.11 Å². The van der Waals surface area contributed by atoms with Crippen molar-refractivity contribution >= 4 is 23.0 Å². The molecule has 0 amide bonds. The number of ether oxygens (including phenoxy) is 2. The molecule has 0 unspecified atom stereocenters. The first kappa shape index (κ1) is 14.8. The van der Waals surface area contributed by atoms with Gasteiger partial charge in [0, 0.05) is 11.5 Å². The molecule has 0 atom stereocenters. The molecule has 4 nitrogen and oxygen atoms in total. The molecule has 3 rings (SSSR count). The lowest BCUT2D eigenvalue weighted by Gasteiger charge is -2.00. The zero-order valence-corrected chi connectivity index (χ0v) is 12.3. The maximum Gasteiger partial charge on any atom is 0.336 e. The number of furan rings is 1. The van der Waals surface area contributed by atoms with Crippen molar-refractivity contribution in [3.8, 4) is 11.5 Å². The number of hydrogen-bond acceptors (Lipinski definition) is 4. The van der Waals surface area contributed by atoms with Crippen molar-refractivity contribution in [2.24, 2.45) is 0 Å². The standard InChI is InChI=1S/C18H13FO4/c1-21-16-4-2-3-12-11-15(23-18(12)16)9-10-17(20)22-14-7-5-13(19)6-8-14/h2-11H,1H3/b10-9+. The first-order valence-corrected chi connectivity index (χ1v) is 6.88. The van der Waals surface area contributed by atoms with Crippen molar-refractivity contribution in [3.63, 3.8) is 0 Å². The Kier molecular flexibility index (Phi) is 4.10. The second-order valence-corrected chi connectivity index (χ2v) is 4.74. The summed E-state index contributed by atoms with van der Waals surface area (Å²) in [7, 11) is 1.56. The molecule has 0 aliphatic carbocycles. The highest BCUT2D eigenvalue weighted by Gasteiger charge is 2.07. The second-order valence-electron chi connectivity index (χ2n) is 4.74. The van der Waals surface area contributed by atoms with Gasteiger partial charge in [0.2, 0.25) is 0 Å². The van der Waals surface area contributed by atoms with Gasteiger partial charge in [-0.25, -0.2) is 9.18 Å². The lowest BCUT2D eigenvalue weighted by atomic mass is 10.2. The summed E-state index contributed by atoms with van der Waals surface area (Å²) in [6.07, 6.45) is 2.75. The zero-order valence-electron chi connectivity index (χ0n) is 12.3. The van der Waals surface area contributed by atoms with Gasteiger partial charge in [0.15, 0.2) is 11.3 Å². The minimum absolute atomic E-state index is 0.271. The van der Waals surface area contributed by atoms with E-state index < -0.39 is 11.8 Å². The molecule has 1 aromatic heterocycles. The fourth-order valence-electron chi connectivity index (χ4n) is 2.10. The van der Waals surface area contributed by atoms with Crippen LogP contribution in [0.25, 0.3) is 17.0 Å². The third-order valence-corrected chi connectivity index (χ3v) is 3.16. The van der Waals surface area contributed by atoms with E-state index in [9.17, 15) is 9.18 Å². The third-order valence-electron chi connectivity index (χ3n) is 3.16. The molecule has 0 aliphatic rings. The molecule has 2 aromatic carbocycles. The van der Waals surface area contributed by atoms with Gasteiger partial charge in [0.05, 0.1) is 7.11 Å². The van der Waals surface area contributed by atoms with Gasteiger partial charge in [-0.15, -0.1) is 0 Å². The van der Waals surface area contributed by atoms with E-state index in [2.05, 4.69) is 0 Å². The Balaban J connectivity index is 1.74. The Bertz CT molecular complexity index is 862. The van der Waals surface area contributed by atoms with Gasteiger partial charge in [0.1, 0.15) is 17.3 Å². The van der Waals surface area contributed by atoms with Gasteiger partial charge in [-0.05, 0) is 42.5 Å². The molecule has 3 aromatic rings. The molecule has 0 aliphatic heterocycles. The molecule has 1 heterocycles. The van der Waals surface area contributed by atoms with E-state index in [1.54, 1.807) is 19.2 Å². The number of carbonyl (C=O) groups excluding carboxylic acids is 1. The Morgan fingerprint density at radius 2 is 1.96 bits per heavy atom. The minimum Gasteiger partial charge on any atom is -0.493 e. The average molecular weight is 312 g/mol. The smallest absolute Gasteiger partial charge is 0.336 e. The number of esters is 1. The molecule has 5 heteroatoms. The lowest BCUT2D eigenvalue weighted by molar-refractivity contribution is -0.128. The summed E-state index contributed by atoms with van der Waals surface area (Å²) in [5, 5.41) is 0.871. The molecule has 0 spiro atoms. The largest absolute Gasteiger partial charge is 0.493 e. The molecule has 0 fully saturated rings. The molecule has 0 saturated carbocycles. The number of carbonyl (C=O) groups is 1. The summed E-state index contributed by atoms with van der Waals surface area (Å²) in [5.74, 6) is 0.421. The van der Waals surface area contributed by atoms with Gasteiger partial charge in [0.25, 0.3) is 0 Å². The van der Waals surface area contributed by atoms with Crippen molar-refractivity contribution < 1.29 is 23.1 Å². The van der Waals surface area contributed by atoms with E-state index in [4.69, 9.17) is 13.9 Å². The number of para-hydroxylation sites is 1. The van der Waals surface area contributed by atoms with Crippen molar-refractivity contribution in [1.29, 1.82) is 0 Å². The van der Waals surface area contributed by atoms with Crippen LogP contribution in [0, 0.1) is 5.82 Å². The van der Waals surface area contributed by atoms with Crippen LogP contribution in [0.4, 0.5) is 4.39 Å². The SMILES string of the molecule is COc1cccc2cc(/C=C/C(=O)Oc3ccc(F)cc3)oc12. The number of halogens is 1. The fourth-order valence-corrected chi connectivity index (χ4v) is 2.10. The van der Waals surface area contributed by atoms with Crippen LogP contribution in [0.3, 0.4) is 0 Å². The summed E-state index contributed by atoms with van der Waals surface area (Å²) >= 11 is 0. The highest BCUT2D eigenvalue weighted by molar-refractivity contribution is 5.90. The molecular formula is C18H13FO4. The van der Waals surface area contributed by atoms with E-state index in [1.165, 1.54) is 36.4 Å². The molecule has 23 heavy (non-hydrogen) atoms. The highest BCUT2D eigenvalue weighted by atomic mass is 19.1. The highest BCUT2D eigenvalue weighted by Crippen LogP contribution is 2.28. The number of fused-ring (bicyclic) bond motifs is 1. The van der Waals surface area contributed by atoms with Crippen LogP contribution in [-0.2, 0) is 4.79 Å². The molecular weight excluding hydrogens is 299 g/mol. The Morgan fingerprint density at radius 3 is 2.70 bits per heavy atom. The normalized spacial score (nSPS) is 11.0. The van der Waals surface area contributed by atoms with Gasteiger partial charge in [-0.2, -0.15) is 0 Å². The van der Waals surface area contributed by atoms with Crippen LogP contribution in [0.2, 0.25) is 0 Å². The van der Waals surface area contributed by atoms with Crippen LogP contribution in [0.15, 0.2) is 59.0 Å². The third kappa shape index (κ3) is 3.40. The number of hydrogen-bond donors (Lipinski definition) is 0. The molecule has 0 saturated heterocycles. The van der Waals surface area contributed by atoms with Crippen molar-refractivity contribution in [2.45, 2.75) is 0 Å². The quantitative estimate of drug-likeness (QED) is 0.411. The van der Waals surface area contributed by atoms with Gasteiger partial charge in [-0.3, -0.25) is 0 Å². The van der Waals surface area contributed by atoms with Gasteiger partial charge in [-0.1, -0.05) is 12.1 Å². The van der Waals surface area contributed by atoms with Crippen LogP contribution in [0.1, 0.15) is 5.76 Å². The van der Waals surface area contributed by atoms with Gasteiger partial charge < -0.3 is 13.9 Å². The van der Waals surface area contributed by atoms with Crippen molar-refractivity contribution in [3.05, 3.63) is 66.2 Å². The lowest BCUT2D eigenvalue weighted by Crippen LogP contribution is -2.03. The van der Waals surface area contributed by atoms with E-state index in [-0.39, 0.29) is 5.75 Å². The average Bonchev–Trinajstić information content (AvgIpc) is 2.98. The summed E-state index contributed by atoms with van der Waals surface area (Å²) in [4.78, 5) is 11.7. The maximum atomic E-state index is 12.8. The minimum atomic E-state index is -0.580. The Morgan fingerprint density at radius 1 is 1.17 bits per heavy atom. The predicted octanol–water partition coefficient (Wildman–Crippen LogP) is 4.20. The van der Waals surface area contributed by atoms with Crippen molar-refractivity contribution in [1.82, 2.24) is 0 Å². The topological polar surface area (TPSA) is 48.7 Å². The molecule has 0 N–H and O–H groups in total. The number of benzene rings is 2. The summed E-state index contributed by atoms with van der Waals surface area (Å²) in [6.45, 7) is 0. The summed E-state index contributed by atoms with van der Waals surface area (Å²) in [5.41, 5.74) is 0.613. The predicted molar refractivity (Wildman–Crippen MR) is 83.8 cm³/mol. The van der Waals surface area contributed by atoms with Gasteiger partial charge >= 0.3 is 5.97 Å². The van der Waals surface area contributed by atoms with E-state index in [1.807, 2.05) is 12.1 Å². The molecule has 0 bridgehead atoms. The number of methoxy groups -OCH3 is 1. The zero-order chi connectivity index (χ0) is 16.2. The van der Waals surface area contributed by atoms with Crippen LogP contribution in [-0.4, -0.2) is 13.1 Å². The summed E-state index contributed by atoms with van der Waals surface area (Å²) in [6, 6.07) is 12.5. The number of rotatable bonds is 4. The van der Waals surface area contributed by atoms with E-state index in [0.717, 1.165) is 5.39 Å². The van der Waals surface area contributed by atoms with E-state index in [0.29, 0.717) is 17.1 Å². The van der Waals surface area contributed by atoms with Crippen LogP contribution in [0.5, 0.6) is 11.5 Å². The first-order valence-electron chi connectivity index (χ1n) is 6.88. The Hall–Kier alpha value is -3.08. The van der Waals surface area contributed by atoms with Crippen LogP contribution >= 0.6 is 0 Å². The maximum absolute atomic E-state index is 12.8. The fraction of sp³-hybridized carbons (Fsp3) is 0.0556.